The first-order chi connectivity index (χ1) is 15.0. The van der Waals surface area contributed by atoms with E-state index in [9.17, 15) is 14.7 Å². The number of hydrogen-bond donors (Lipinski definition) is 2. The van der Waals surface area contributed by atoms with Crippen LogP contribution in [-0.2, 0) is 9.53 Å². The third-order valence-corrected chi connectivity index (χ3v) is 5.62. The monoisotopic (exact) mass is 419 g/mol. The number of ether oxygens (including phenoxy) is 1. The summed E-state index contributed by atoms with van der Waals surface area (Å²) in [5.41, 5.74) is 5.17. The van der Waals surface area contributed by atoms with Crippen LogP contribution in [0.3, 0.4) is 0 Å². The number of aromatic nitrogens is 2. The van der Waals surface area contributed by atoms with Crippen LogP contribution >= 0.6 is 0 Å². The Kier molecular flexibility index (Phi) is 5.75. The van der Waals surface area contributed by atoms with Gasteiger partial charge < -0.3 is 19.7 Å². The Morgan fingerprint density at radius 1 is 1.10 bits per heavy atom. The van der Waals surface area contributed by atoms with Gasteiger partial charge in [0.1, 0.15) is 6.61 Å². The van der Waals surface area contributed by atoms with E-state index in [-0.39, 0.29) is 25.0 Å². The molecule has 1 amide bonds. The third kappa shape index (κ3) is 4.17. The molecule has 1 aliphatic carbocycles. The van der Waals surface area contributed by atoms with Gasteiger partial charge in [-0.15, -0.1) is 0 Å². The lowest BCUT2D eigenvalue weighted by Gasteiger charge is -2.21. The van der Waals surface area contributed by atoms with Crippen molar-refractivity contribution in [1.82, 2.24) is 14.9 Å². The van der Waals surface area contributed by atoms with Gasteiger partial charge in [0.25, 0.3) is 0 Å². The van der Waals surface area contributed by atoms with E-state index in [1.54, 1.807) is 12.5 Å². The number of carbonyl (C=O) groups is 2. The third-order valence-electron chi connectivity index (χ3n) is 5.62. The molecule has 1 atom stereocenters. The predicted molar refractivity (Wildman–Crippen MR) is 116 cm³/mol. The summed E-state index contributed by atoms with van der Waals surface area (Å²) in [6.07, 6.45) is 2.30. The molecule has 1 aromatic heterocycles. The van der Waals surface area contributed by atoms with Gasteiger partial charge in [0, 0.05) is 12.0 Å². The van der Waals surface area contributed by atoms with E-state index in [0.717, 1.165) is 22.3 Å². The van der Waals surface area contributed by atoms with Crippen molar-refractivity contribution < 1.29 is 19.4 Å². The average molecular weight is 419 g/mol. The summed E-state index contributed by atoms with van der Waals surface area (Å²) < 4.78 is 7.42. The summed E-state index contributed by atoms with van der Waals surface area (Å²) in [4.78, 5) is 28.1. The molecule has 31 heavy (non-hydrogen) atoms. The molecule has 0 radical (unpaired) electrons. The fourth-order valence-corrected chi connectivity index (χ4v) is 4.20. The maximum atomic E-state index is 12.6. The molecule has 2 aromatic carbocycles. The van der Waals surface area contributed by atoms with Gasteiger partial charge in [-0.05, 0) is 36.1 Å². The Balaban J connectivity index is 1.49. The van der Waals surface area contributed by atoms with Crippen molar-refractivity contribution in [3.8, 4) is 11.1 Å². The molecule has 160 valence electrons. The number of nitrogens with one attached hydrogen (secondary N) is 1. The van der Waals surface area contributed by atoms with E-state index in [4.69, 9.17) is 4.74 Å². The van der Waals surface area contributed by atoms with Crippen LogP contribution in [0, 0.1) is 0 Å². The number of aliphatic carboxylic acids is 1. The number of carboxylic acid groups (broad SMARTS) is 1. The van der Waals surface area contributed by atoms with Gasteiger partial charge in [-0.25, -0.2) is 9.78 Å². The summed E-state index contributed by atoms with van der Waals surface area (Å²) in [6.45, 7) is 4.11. The lowest BCUT2D eigenvalue weighted by molar-refractivity contribution is -0.137. The normalized spacial score (nSPS) is 13.5. The Bertz CT molecular complexity index is 1060. The van der Waals surface area contributed by atoms with Crippen LogP contribution in [0.25, 0.3) is 11.1 Å². The smallest absolute Gasteiger partial charge is 0.407 e. The Morgan fingerprint density at radius 3 is 2.29 bits per heavy atom. The van der Waals surface area contributed by atoms with E-state index in [0.29, 0.717) is 5.69 Å². The van der Waals surface area contributed by atoms with Gasteiger partial charge in [0.2, 0.25) is 0 Å². The molecule has 2 N–H and O–H groups in total. The Labute approximate surface area is 180 Å². The average Bonchev–Trinajstić information content (AvgIpc) is 3.35. The first-order valence-electron chi connectivity index (χ1n) is 10.3. The molecule has 0 saturated carbocycles. The van der Waals surface area contributed by atoms with E-state index in [1.165, 1.54) is 0 Å². The van der Waals surface area contributed by atoms with Crippen molar-refractivity contribution in [3.63, 3.8) is 0 Å². The lowest BCUT2D eigenvalue weighted by Crippen LogP contribution is -2.33. The zero-order valence-corrected chi connectivity index (χ0v) is 17.5. The molecule has 1 aliphatic rings. The van der Waals surface area contributed by atoms with Crippen LogP contribution < -0.4 is 5.32 Å². The van der Waals surface area contributed by atoms with E-state index >= 15 is 0 Å². The van der Waals surface area contributed by atoms with E-state index in [1.807, 2.05) is 42.7 Å². The maximum Gasteiger partial charge on any atom is 0.407 e. The molecule has 7 heteroatoms. The van der Waals surface area contributed by atoms with Gasteiger partial charge >= 0.3 is 12.1 Å². The lowest BCUT2D eigenvalue weighted by atomic mass is 9.98. The highest BCUT2D eigenvalue weighted by molar-refractivity contribution is 5.79. The van der Waals surface area contributed by atoms with Crippen molar-refractivity contribution in [1.29, 1.82) is 0 Å². The minimum Gasteiger partial charge on any atom is -0.481 e. The second-order valence-electron chi connectivity index (χ2n) is 7.94. The second kappa shape index (κ2) is 8.63. The van der Waals surface area contributed by atoms with Crippen molar-refractivity contribution in [2.45, 2.75) is 38.3 Å². The molecule has 7 nitrogen and oxygen atoms in total. The van der Waals surface area contributed by atoms with Crippen LogP contribution in [-0.4, -0.2) is 33.3 Å². The molecular weight excluding hydrogens is 394 g/mol. The largest absolute Gasteiger partial charge is 0.481 e. The first-order valence-corrected chi connectivity index (χ1v) is 10.3. The Hall–Kier alpha value is -3.61. The number of carboxylic acids is 1. The van der Waals surface area contributed by atoms with Crippen LogP contribution in [0.1, 0.15) is 55.1 Å². The zero-order chi connectivity index (χ0) is 22.0. The number of imidazole rings is 1. The van der Waals surface area contributed by atoms with Crippen LogP contribution in [0.15, 0.2) is 61.1 Å². The SMILES string of the molecule is CC(C)n1cncc1C(CC(=O)O)NC(=O)OCC1c2ccccc2-c2ccccc21. The molecule has 0 saturated heterocycles. The quantitative estimate of drug-likeness (QED) is 0.587. The number of rotatable bonds is 7. The van der Waals surface area contributed by atoms with Crippen molar-refractivity contribution >= 4 is 12.1 Å². The number of alkyl carbamates (subject to hydrolysis) is 1. The van der Waals surface area contributed by atoms with Crippen molar-refractivity contribution in [3.05, 3.63) is 77.9 Å². The highest BCUT2D eigenvalue weighted by Crippen LogP contribution is 2.44. The van der Waals surface area contributed by atoms with Gasteiger partial charge in [-0.1, -0.05) is 48.5 Å². The van der Waals surface area contributed by atoms with Gasteiger partial charge in [0.15, 0.2) is 0 Å². The summed E-state index contributed by atoms with van der Waals surface area (Å²) in [7, 11) is 0. The molecule has 1 heterocycles. The predicted octanol–water partition coefficient (Wildman–Crippen LogP) is 4.52. The number of hydrogen-bond acceptors (Lipinski definition) is 4. The number of amides is 1. The fraction of sp³-hybridized carbons (Fsp3) is 0.292. The van der Waals surface area contributed by atoms with Crippen LogP contribution in [0.5, 0.6) is 0 Å². The molecule has 0 fully saturated rings. The van der Waals surface area contributed by atoms with Crippen molar-refractivity contribution in [2.75, 3.05) is 6.61 Å². The summed E-state index contributed by atoms with van der Waals surface area (Å²) in [6, 6.07) is 15.6. The van der Waals surface area contributed by atoms with E-state index in [2.05, 4.69) is 34.6 Å². The van der Waals surface area contributed by atoms with Gasteiger partial charge in [0.05, 0.1) is 30.7 Å². The molecular formula is C24H25N3O4. The van der Waals surface area contributed by atoms with Crippen molar-refractivity contribution in [2.24, 2.45) is 0 Å². The summed E-state index contributed by atoms with van der Waals surface area (Å²) >= 11 is 0. The molecule has 3 aromatic rings. The first kappa shape index (κ1) is 20.7. The van der Waals surface area contributed by atoms with Gasteiger partial charge in [-0.3, -0.25) is 4.79 Å². The van der Waals surface area contributed by atoms with Gasteiger partial charge in [-0.2, -0.15) is 0 Å². The topological polar surface area (TPSA) is 93.5 Å². The highest BCUT2D eigenvalue weighted by Gasteiger charge is 2.30. The van der Waals surface area contributed by atoms with E-state index < -0.39 is 18.1 Å². The zero-order valence-electron chi connectivity index (χ0n) is 17.5. The molecule has 0 aliphatic heterocycles. The Morgan fingerprint density at radius 2 is 1.71 bits per heavy atom. The number of nitrogens with zero attached hydrogens (tertiary/aromatic N) is 2. The number of fused-ring (bicyclic) bond motifs is 3. The highest BCUT2D eigenvalue weighted by atomic mass is 16.5. The summed E-state index contributed by atoms with van der Waals surface area (Å²) in [5.74, 6) is -1.07. The standard InChI is InChI=1S/C24H25N3O4/c1-15(2)27-14-25-12-22(27)21(11-23(28)29)26-24(30)31-13-20-18-9-5-3-7-16(18)17-8-4-6-10-19(17)20/h3-10,12,14-15,20-21H,11,13H2,1-2H3,(H,26,30)(H,28,29). The van der Waals surface area contributed by atoms with Crippen LogP contribution in [0.2, 0.25) is 0 Å². The minimum atomic E-state index is -1.01. The minimum absolute atomic E-state index is 0.0581. The molecule has 0 spiro atoms. The molecule has 0 bridgehead atoms. The molecule has 1 unspecified atom stereocenters. The maximum absolute atomic E-state index is 12.6. The second-order valence-corrected chi connectivity index (χ2v) is 7.94. The number of benzene rings is 2. The number of carbonyl (C=O) groups excluding carboxylic acids is 1. The molecule has 4 rings (SSSR count). The fourth-order valence-electron chi connectivity index (χ4n) is 4.20. The summed E-state index contributed by atoms with van der Waals surface area (Å²) in [5, 5.41) is 12.0. The van der Waals surface area contributed by atoms with Crippen LogP contribution in [0.4, 0.5) is 4.79 Å².